The van der Waals surface area contributed by atoms with Crippen molar-refractivity contribution in [2.45, 2.75) is 19.4 Å². The molecule has 0 fully saturated rings. The second kappa shape index (κ2) is 5.18. The van der Waals surface area contributed by atoms with E-state index < -0.39 is 0 Å². The normalized spacial score (nSPS) is 10.0. The summed E-state index contributed by atoms with van der Waals surface area (Å²) in [6.45, 7) is 0.746. The molecule has 1 amide bonds. The van der Waals surface area contributed by atoms with Crippen LogP contribution in [0.5, 0.6) is 0 Å². The highest BCUT2D eigenvalue weighted by Gasteiger charge is 1.99. The van der Waals surface area contributed by atoms with E-state index >= 15 is 0 Å². The van der Waals surface area contributed by atoms with Gasteiger partial charge in [0.05, 0.1) is 9.77 Å². The number of halogens is 1. The van der Waals surface area contributed by atoms with E-state index in [0.717, 1.165) is 16.5 Å². The number of hydrogen-bond donors (Lipinski definition) is 2. The fraction of sp³-hybridized carbons (Fsp3) is 0.429. The summed E-state index contributed by atoms with van der Waals surface area (Å²) >= 11 is 2.19. The van der Waals surface area contributed by atoms with Crippen LogP contribution in [-0.4, -0.2) is 15.7 Å². The van der Waals surface area contributed by atoms with Gasteiger partial charge >= 0.3 is 0 Å². The molecule has 0 aromatic carbocycles. The van der Waals surface area contributed by atoms with Gasteiger partial charge in [0.25, 0.3) is 0 Å². The molecular formula is C7H11IN4O. The highest BCUT2D eigenvalue weighted by atomic mass is 127. The van der Waals surface area contributed by atoms with Crippen molar-refractivity contribution in [3.05, 3.63) is 16.0 Å². The molecular weight excluding hydrogens is 283 g/mol. The molecule has 0 atom stereocenters. The summed E-state index contributed by atoms with van der Waals surface area (Å²) in [7, 11) is 0. The predicted octanol–water partition coefficient (Wildman–Crippen LogP) is 0.258. The van der Waals surface area contributed by atoms with Crippen molar-refractivity contribution in [2.75, 3.05) is 0 Å². The number of hydrazine groups is 1. The summed E-state index contributed by atoms with van der Waals surface area (Å²) in [6, 6.07) is 0. The second-order valence-corrected chi connectivity index (χ2v) is 3.84. The van der Waals surface area contributed by atoms with Crippen LogP contribution in [0.1, 0.15) is 12.8 Å². The summed E-state index contributed by atoms with van der Waals surface area (Å²) in [5.41, 5.74) is 2.09. The van der Waals surface area contributed by atoms with E-state index in [-0.39, 0.29) is 5.91 Å². The third-order valence-corrected chi connectivity index (χ3v) is 2.11. The Morgan fingerprint density at radius 3 is 3.08 bits per heavy atom. The number of amides is 1. The maximum atomic E-state index is 10.7. The Morgan fingerprint density at radius 1 is 1.77 bits per heavy atom. The van der Waals surface area contributed by atoms with E-state index in [9.17, 15) is 4.79 Å². The third-order valence-electron chi connectivity index (χ3n) is 1.55. The molecule has 0 aliphatic rings. The fourth-order valence-corrected chi connectivity index (χ4v) is 1.38. The van der Waals surface area contributed by atoms with Gasteiger partial charge in [0, 0.05) is 19.2 Å². The fourth-order valence-electron chi connectivity index (χ4n) is 0.934. The lowest BCUT2D eigenvalue weighted by atomic mass is 10.3. The number of aromatic nitrogens is 2. The average Bonchev–Trinajstić information content (AvgIpc) is 2.51. The largest absolute Gasteiger partial charge is 0.294 e. The lowest BCUT2D eigenvalue weighted by Crippen LogP contribution is -2.29. The SMILES string of the molecule is NNC(=O)CCCn1cc(I)cn1. The first-order valence-corrected chi connectivity index (χ1v) is 4.97. The molecule has 0 saturated carbocycles. The minimum Gasteiger partial charge on any atom is -0.294 e. The smallest absolute Gasteiger partial charge is 0.233 e. The Balaban J connectivity index is 2.24. The van der Waals surface area contributed by atoms with Crippen molar-refractivity contribution in [1.29, 1.82) is 0 Å². The van der Waals surface area contributed by atoms with Gasteiger partial charge in [0.15, 0.2) is 0 Å². The van der Waals surface area contributed by atoms with Gasteiger partial charge in [0.2, 0.25) is 5.91 Å². The maximum Gasteiger partial charge on any atom is 0.233 e. The molecule has 1 rings (SSSR count). The van der Waals surface area contributed by atoms with Gasteiger partial charge in [-0.1, -0.05) is 0 Å². The number of nitrogens with one attached hydrogen (secondary N) is 1. The Hall–Kier alpha value is -0.630. The number of hydrogen-bond acceptors (Lipinski definition) is 3. The number of carbonyl (C=O) groups is 1. The van der Waals surface area contributed by atoms with Gasteiger partial charge in [-0.2, -0.15) is 5.10 Å². The minimum absolute atomic E-state index is 0.137. The van der Waals surface area contributed by atoms with Crippen molar-refractivity contribution in [3.63, 3.8) is 0 Å². The van der Waals surface area contributed by atoms with Gasteiger partial charge in [0.1, 0.15) is 0 Å². The molecule has 0 unspecified atom stereocenters. The van der Waals surface area contributed by atoms with Crippen LogP contribution in [0.3, 0.4) is 0 Å². The molecule has 6 heteroatoms. The molecule has 0 spiro atoms. The van der Waals surface area contributed by atoms with Crippen LogP contribution in [0.4, 0.5) is 0 Å². The topological polar surface area (TPSA) is 72.9 Å². The van der Waals surface area contributed by atoms with Crippen LogP contribution < -0.4 is 11.3 Å². The van der Waals surface area contributed by atoms with Gasteiger partial charge in [-0.05, 0) is 29.0 Å². The Kier molecular flexibility index (Phi) is 4.16. The summed E-state index contributed by atoms with van der Waals surface area (Å²) < 4.78 is 2.91. The Bertz CT molecular complexity index is 286. The van der Waals surface area contributed by atoms with E-state index in [4.69, 9.17) is 5.84 Å². The van der Waals surface area contributed by atoms with E-state index in [1.54, 1.807) is 6.20 Å². The third kappa shape index (κ3) is 3.73. The first kappa shape index (κ1) is 10.5. The van der Waals surface area contributed by atoms with Crippen LogP contribution in [-0.2, 0) is 11.3 Å². The van der Waals surface area contributed by atoms with Crippen molar-refractivity contribution >= 4 is 28.5 Å². The Labute approximate surface area is 89.8 Å². The van der Waals surface area contributed by atoms with Crippen LogP contribution >= 0.6 is 22.6 Å². The summed E-state index contributed by atoms with van der Waals surface area (Å²) in [6.07, 6.45) is 4.90. The highest BCUT2D eigenvalue weighted by molar-refractivity contribution is 14.1. The van der Waals surface area contributed by atoms with Crippen molar-refractivity contribution < 1.29 is 4.79 Å². The van der Waals surface area contributed by atoms with Crippen molar-refractivity contribution in [2.24, 2.45) is 5.84 Å². The molecule has 0 bridgehead atoms. The average molecular weight is 294 g/mol. The quantitative estimate of drug-likeness (QED) is 0.362. The number of aryl methyl sites for hydroxylation is 1. The minimum atomic E-state index is -0.137. The second-order valence-electron chi connectivity index (χ2n) is 2.59. The number of nitrogens with two attached hydrogens (primary N) is 1. The molecule has 0 radical (unpaired) electrons. The zero-order chi connectivity index (χ0) is 9.68. The van der Waals surface area contributed by atoms with Gasteiger partial charge in [-0.3, -0.25) is 14.9 Å². The number of nitrogens with zero attached hydrogens (tertiary/aromatic N) is 2. The Morgan fingerprint density at radius 2 is 2.54 bits per heavy atom. The summed E-state index contributed by atoms with van der Waals surface area (Å²) in [5, 5.41) is 4.08. The molecule has 1 heterocycles. The molecule has 1 aromatic rings. The van der Waals surface area contributed by atoms with Crippen LogP contribution in [0, 0.1) is 3.57 Å². The molecule has 1 aromatic heterocycles. The lowest BCUT2D eigenvalue weighted by Gasteiger charge is -2.00. The summed E-state index contributed by atoms with van der Waals surface area (Å²) in [5.74, 6) is 4.80. The summed E-state index contributed by atoms with van der Waals surface area (Å²) in [4.78, 5) is 10.7. The standard InChI is InChI=1S/C7H11IN4O/c8-6-4-10-12(5-6)3-1-2-7(13)11-9/h4-5H,1-3,9H2,(H,11,13). The van der Waals surface area contributed by atoms with Gasteiger partial charge in [-0.25, -0.2) is 5.84 Å². The zero-order valence-corrected chi connectivity index (χ0v) is 9.19. The molecule has 3 N–H and O–H groups in total. The zero-order valence-electron chi connectivity index (χ0n) is 7.03. The molecule has 5 nitrogen and oxygen atoms in total. The van der Waals surface area contributed by atoms with Gasteiger partial charge in [-0.15, -0.1) is 0 Å². The molecule has 72 valence electrons. The number of carbonyl (C=O) groups excluding carboxylic acids is 1. The number of rotatable bonds is 4. The van der Waals surface area contributed by atoms with Crippen LogP contribution in [0.2, 0.25) is 0 Å². The molecule has 13 heavy (non-hydrogen) atoms. The highest BCUT2D eigenvalue weighted by Crippen LogP contribution is 2.02. The van der Waals surface area contributed by atoms with Crippen LogP contribution in [0.25, 0.3) is 0 Å². The van der Waals surface area contributed by atoms with E-state index in [2.05, 4.69) is 33.1 Å². The van der Waals surface area contributed by atoms with E-state index in [0.29, 0.717) is 6.42 Å². The van der Waals surface area contributed by atoms with Gasteiger partial charge < -0.3 is 0 Å². The predicted molar refractivity (Wildman–Crippen MR) is 56.5 cm³/mol. The van der Waals surface area contributed by atoms with E-state index in [1.807, 2.05) is 10.9 Å². The first-order valence-electron chi connectivity index (χ1n) is 3.90. The maximum absolute atomic E-state index is 10.7. The van der Waals surface area contributed by atoms with E-state index in [1.165, 1.54) is 0 Å². The van der Waals surface area contributed by atoms with Crippen molar-refractivity contribution in [1.82, 2.24) is 15.2 Å². The van der Waals surface area contributed by atoms with Crippen molar-refractivity contribution in [3.8, 4) is 0 Å². The first-order chi connectivity index (χ1) is 6.22. The lowest BCUT2D eigenvalue weighted by molar-refractivity contribution is -0.121. The molecule has 0 aliphatic heterocycles. The monoisotopic (exact) mass is 294 g/mol. The van der Waals surface area contributed by atoms with Crippen LogP contribution in [0.15, 0.2) is 12.4 Å². The molecule has 0 saturated heterocycles. The molecule has 0 aliphatic carbocycles.